The summed E-state index contributed by atoms with van der Waals surface area (Å²) in [5.41, 5.74) is 2.90. The smallest absolute Gasteiger partial charge is 0.251 e. The number of hydrogen-bond acceptors (Lipinski definition) is 6. The molecule has 0 bridgehead atoms. The fraction of sp³-hybridized carbons (Fsp3) is 0.385. The van der Waals surface area contributed by atoms with Crippen LogP contribution in [0.25, 0.3) is 5.82 Å². The first-order valence-electron chi connectivity index (χ1n) is 12.1. The van der Waals surface area contributed by atoms with Crippen molar-refractivity contribution in [1.29, 1.82) is 0 Å². The van der Waals surface area contributed by atoms with Crippen molar-refractivity contribution in [3.05, 3.63) is 82.4 Å². The number of nitrogens with one attached hydrogen (secondary N) is 1. The predicted octanol–water partition coefficient (Wildman–Crippen LogP) is 2.34. The highest BCUT2D eigenvalue weighted by atomic mass is 16.5. The monoisotopic (exact) mass is 474 g/mol. The maximum atomic E-state index is 13.5. The second kappa shape index (κ2) is 9.97. The van der Waals surface area contributed by atoms with Crippen LogP contribution >= 0.6 is 0 Å². The van der Waals surface area contributed by atoms with Crippen molar-refractivity contribution in [3.8, 4) is 5.82 Å². The van der Waals surface area contributed by atoms with Gasteiger partial charge < -0.3 is 20.7 Å². The van der Waals surface area contributed by atoms with Gasteiger partial charge in [-0.1, -0.05) is 30.3 Å². The van der Waals surface area contributed by atoms with E-state index < -0.39 is 24.0 Å². The lowest BCUT2D eigenvalue weighted by Gasteiger charge is -2.39. The molecule has 2 aromatic heterocycles. The number of aryl methyl sites for hydroxylation is 2. The van der Waals surface area contributed by atoms with Crippen LogP contribution in [0.4, 0.5) is 0 Å². The van der Waals surface area contributed by atoms with Crippen molar-refractivity contribution >= 4 is 11.8 Å². The number of carbonyl (C=O) groups excluding carboxylic acids is 2. The summed E-state index contributed by atoms with van der Waals surface area (Å²) in [5, 5.41) is 31.8. The summed E-state index contributed by atoms with van der Waals surface area (Å²) in [6.07, 6.45) is 7.38. The van der Waals surface area contributed by atoms with Gasteiger partial charge in [-0.15, -0.1) is 0 Å². The van der Waals surface area contributed by atoms with Crippen LogP contribution in [0.5, 0.6) is 0 Å². The normalized spacial score (nSPS) is 16.7. The van der Waals surface area contributed by atoms with E-state index >= 15 is 0 Å². The van der Waals surface area contributed by atoms with Crippen molar-refractivity contribution in [2.75, 3.05) is 0 Å². The molecule has 0 spiro atoms. The maximum Gasteiger partial charge on any atom is 0.251 e. The van der Waals surface area contributed by atoms with Gasteiger partial charge in [-0.2, -0.15) is 5.10 Å². The SMILES string of the molecule is O=C(NC1CC1)C(O)C(Cc1ccccc1)N([O-])C(=O)c1cccnc1-n1cc2c(n1)CCCC2. The van der Waals surface area contributed by atoms with Crippen molar-refractivity contribution in [3.63, 3.8) is 0 Å². The molecular weight excluding hydrogens is 446 g/mol. The minimum absolute atomic E-state index is 0.0149. The number of hydrogen-bond donors (Lipinski definition) is 2. The highest BCUT2D eigenvalue weighted by Crippen LogP contribution is 2.24. The zero-order valence-corrected chi connectivity index (χ0v) is 19.3. The first-order chi connectivity index (χ1) is 17.0. The Morgan fingerprint density at radius 3 is 2.66 bits per heavy atom. The van der Waals surface area contributed by atoms with Gasteiger partial charge in [-0.05, 0) is 68.2 Å². The molecular formula is C26H28N5O4-. The minimum atomic E-state index is -1.67. The number of aliphatic hydroxyl groups excluding tert-OH is 1. The lowest BCUT2D eigenvalue weighted by Crippen LogP contribution is -2.52. The summed E-state index contributed by atoms with van der Waals surface area (Å²) in [7, 11) is 0. The fourth-order valence-electron chi connectivity index (χ4n) is 4.46. The van der Waals surface area contributed by atoms with E-state index in [0.717, 1.165) is 55.3 Å². The highest BCUT2D eigenvalue weighted by Gasteiger charge is 2.34. The molecule has 1 fully saturated rings. The van der Waals surface area contributed by atoms with Gasteiger partial charge in [0.05, 0.1) is 17.3 Å². The molecule has 5 rings (SSSR count). The molecule has 0 aliphatic heterocycles. The largest absolute Gasteiger partial charge is 0.756 e. The van der Waals surface area contributed by atoms with E-state index in [1.807, 2.05) is 12.3 Å². The van der Waals surface area contributed by atoms with Crippen LogP contribution in [0.1, 0.15) is 52.9 Å². The molecule has 2 N–H and O–H groups in total. The van der Waals surface area contributed by atoms with Crippen molar-refractivity contribution in [2.45, 2.75) is 63.1 Å². The summed E-state index contributed by atoms with van der Waals surface area (Å²) in [5.74, 6) is -1.27. The van der Waals surface area contributed by atoms with Crippen LogP contribution in [0.2, 0.25) is 0 Å². The van der Waals surface area contributed by atoms with Crippen molar-refractivity contribution < 1.29 is 14.7 Å². The number of aromatic nitrogens is 3. The highest BCUT2D eigenvalue weighted by molar-refractivity contribution is 5.98. The maximum absolute atomic E-state index is 13.5. The Morgan fingerprint density at radius 2 is 1.91 bits per heavy atom. The van der Waals surface area contributed by atoms with Gasteiger partial charge in [-0.3, -0.25) is 9.59 Å². The zero-order valence-electron chi connectivity index (χ0n) is 19.3. The summed E-state index contributed by atoms with van der Waals surface area (Å²) < 4.78 is 1.56. The Kier molecular flexibility index (Phi) is 6.61. The first-order valence-corrected chi connectivity index (χ1v) is 12.1. The average Bonchev–Trinajstić information content (AvgIpc) is 3.60. The molecule has 182 valence electrons. The van der Waals surface area contributed by atoms with Crippen molar-refractivity contribution in [1.82, 2.24) is 25.1 Å². The topological polar surface area (TPSA) is 123 Å². The van der Waals surface area contributed by atoms with Gasteiger partial charge in [0, 0.05) is 18.4 Å². The van der Waals surface area contributed by atoms with E-state index in [-0.39, 0.29) is 28.9 Å². The van der Waals surface area contributed by atoms with Gasteiger partial charge in [0.1, 0.15) is 0 Å². The van der Waals surface area contributed by atoms with Crippen LogP contribution in [0, 0.1) is 5.21 Å². The van der Waals surface area contributed by atoms with Gasteiger partial charge in [0.2, 0.25) is 5.91 Å². The molecule has 9 heteroatoms. The Hall–Kier alpha value is -3.56. The molecule has 2 atom stereocenters. The molecule has 35 heavy (non-hydrogen) atoms. The summed E-state index contributed by atoms with van der Waals surface area (Å²) >= 11 is 0. The Morgan fingerprint density at radius 1 is 1.14 bits per heavy atom. The molecule has 2 amide bonds. The molecule has 9 nitrogen and oxygen atoms in total. The number of carbonyl (C=O) groups is 2. The van der Waals surface area contributed by atoms with E-state index in [2.05, 4.69) is 15.4 Å². The second-order valence-electron chi connectivity index (χ2n) is 9.24. The second-order valence-corrected chi connectivity index (χ2v) is 9.24. The molecule has 1 saturated carbocycles. The number of pyridine rings is 1. The molecule has 3 aromatic rings. The zero-order chi connectivity index (χ0) is 24.4. The Labute approximate surface area is 203 Å². The number of benzene rings is 1. The number of aliphatic hydroxyl groups is 1. The molecule has 2 aliphatic carbocycles. The number of fused-ring (bicyclic) bond motifs is 1. The Balaban J connectivity index is 1.44. The third kappa shape index (κ3) is 5.11. The quantitative estimate of drug-likeness (QED) is 0.483. The van der Waals surface area contributed by atoms with Gasteiger partial charge in [0.25, 0.3) is 5.91 Å². The van der Waals surface area contributed by atoms with Crippen molar-refractivity contribution in [2.24, 2.45) is 0 Å². The number of rotatable bonds is 8. The lowest BCUT2D eigenvalue weighted by atomic mass is 9.99. The number of nitrogens with zero attached hydrogens (tertiary/aromatic N) is 4. The van der Waals surface area contributed by atoms with Crippen LogP contribution in [-0.4, -0.2) is 54.9 Å². The lowest BCUT2D eigenvalue weighted by molar-refractivity contribution is -0.132. The van der Waals surface area contributed by atoms with E-state index in [4.69, 9.17) is 0 Å². The van der Waals surface area contributed by atoms with E-state index in [1.165, 1.54) is 6.07 Å². The van der Waals surface area contributed by atoms with Gasteiger partial charge in [0.15, 0.2) is 11.9 Å². The molecule has 2 unspecified atom stereocenters. The first kappa shape index (κ1) is 23.2. The summed E-state index contributed by atoms with van der Waals surface area (Å²) in [6.45, 7) is 0. The summed E-state index contributed by atoms with van der Waals surface area (Å²) in [6, 6.07) is 10.8. The number of hydroxylamine groups is 2. The van der Waals surface area contributed by atoms with Crippen LogP contribution in [0.3, 0.4) is 0 Å². The fourth-order valence-corrected chi connectivity index (χ4v) is 4.46. The standard InChI is InChI=1S/C26H28N5O4/c32-23(25(33)28-19-12-13-19)22(15-17-7-2-1-3-8-17)31(35)26(34)20-10-6-14-27-24(20)30-16-18-9-4-5-11-21(18)29-30/h1-3,6-8,10,14,16,19,22-23,32H,4-5,9,11-13,15H2,(H,28,33)/q-1. The van der Waals surface area contributed by atoms with E-state index in [9.17, 15) is 19.9 Å². The third-order valence-electron chi connectivity index (χ3n) is 6.57. The molecule has 2 aliphatic rings. The van der Waals surface area contributed by atoms with Gasteiger partial charge in [-0.25, -0.2) is 9.67 Å². The average molecular weight is 475 g/mol. The van der Waals surface area contributed by atoms with E-state index in [1.54, 1.807) is 41.2 Å². The molecule has 2 heterocycles. The van der Waals surface area contributed by atoms with E-state index in [0.29, 0.717) is 0 Å². The van der Waals surface area contributed by atoms with Crippen LogP contribution in [0.15, 0.2) is 54.9 Å². The summed E-state index contributed by atoms with van der Waals surface area (Å²) in [4.78, 5) is 30.4. The van der Waals surface area contributed by atoms with Crippen LogP contribution < -0.4 is 5.32 Å². The molecule has 0 radical (unpaired) electrons. The third-order valence-corrected chi connectivity index (χ3v) is 6.57. The van der Waals surface area contributed by atoms with Gasteiger partial charge >= 0.3 is 0 Å². The van der Waals surface area contributed by atoms with Crippen LogP contribution in [-0.2, 0) is 24.1 Å². The molecule has 0 saturated heterocycles. The number of amides is 2. The minimum Gasteiger partial charge on any atom is -0.756 e. The molecule has 1 aromatic carbocycles. The predicted molar refractivity (Wildman–Crippen MR) is 129 cm³/mol. The Bertz CT molecular complexity index is 1180.